The van der Waals surface area contributed by atoms with E-state index in [1.807, 2.05) is 14.0 Å². The Hall–Kier alpha value is -1.89. The summed E-state index contributed by atoms with van der Waals surface area (Å²) in [6, 6.07) is 0.185. The van der Waals surface area contributed by atoms with E-state index in [-0.39, 0.29) is 12.0 Å². The van der Waals surface area contributed by atoms with Crippen molar-refractivity contribution in [3.05, 3.63) is 11.3 Å². The zero-order valence-electron chi connectivity index (χ0n) is 15.8. The van der Waals surface area contributed by atoms with E-state index in [0.29, 0.717) is 13.2 Å². The van der Waals surface area contributed by atoms with Gasteiger partial charge in [-0.3, -0.25) is 4.79 Å². The summed E-state index contributed by atoms with van der Waals surface area (Å²) in [6.07, 6.45) is 5.97. The van der Waals surface area contributed by atoms with Crippen molar-refractivity contribution >= 4 is 17.7 Å². The lowest BCUT2D eigenvalue weighted by Gasteiger charge is -2.49. The van der Waals surface area contributed by atoms with Crippen molar-refractivity contribution in [2.24, 2.45) is 5.41 Å². The van der Waals surface area contributed by atoms with Gasteiger partial charge in [0.25, 0.3) is 0 Å². The second-order valence-electron chi connectivity index (χ2n) is 7.60. The summed E-state index contributed by atoms with van der Waals surface area (Å²) in [5.74, 6) is 1.62. The Kier molecular flexibility index (Phi) is 4.73. The van der Waals surface area contributed by atoms with Crippen LogP contribution in [0.5, 0.6) is 0 Å². The van der Waals surface area contributed by atoms with E-state index in [1.165, 1.54) is 5.56 Å². The second kappa shape index (κ2) is 7.02. The van der Waals surface area contributed by atoms with E-state index in [9.17, 15) is 4.79 Å². The average Bonchev–Trinajstić information content (AvgIpc) is 3.15. The Labute approximate surface area is 154 Å². The van der Waals surface area contributed by atoms with Gasteiger partial charge >= 0.3 is 5.97 Å². The molecule has 0 saturated carbocycles. The molecule has 0 aromatic carbocycles. The van der Waals surface area contributed by atoms with Crippen molar-refractivity contribution in [3.63, 3.8) is 0 Å². The lowest BCUT2D eigenvalue weighted by Crippen LogP contribution is -2.63. The van der Waals surface area contributed by atoms with Crippen LogP contribution >= 0.6 is 0 Å². The number of nitrogens with zero attached hydrogens (tertiary/aromatic N) is 3. The Morgan fingerprint density at radius 2 is 2.27 bits per heavy atom. The smallest absolute Gasteiger partial charge is 0.315 e. The zero-order valence-corrected chi connectivity index (χ0v) is 15.8. The molecule has 0 radical (unpaired) electrons. The molecule has 0 spiro atoms. The molecule has 7 nitrogen and oxygen atoms in total. The summed E-state index contributed by atoms with van der Waals surface area (Å²) in [7, 11) is 1.92. The summed E-state index contributed by atoms with van der Waals surface area (Å²) >= 11 is 0. The molecular formula is C19H29N5O2. The van der Waals surface area contributed by atoms with Crippen molar-refractivity contribution in [1.29, 1.82) is 0 Å². The monoisotopic (exact) mass is 359 g/mol. The molecule has 0 amide bonds. The number of esters is 1. The van der Waals surface area contributed by atoms with Crippen LogP contribution in [0.4, 0.5) is 11.8 Å². The molecule has 2 aliphatic heterocycles. The summed E-state index contributed by atoms with van der Waals surface area (Å²) in [6.45, 7) is 4.77. The first kappa shape index (κ1) is 17.5. The predicted molar refractivity (Wildman–Crippen MR) is 101 cm³/mol. The van der Waals surface area contributed by atoms with Crippen molar-refractivity contribution in [2.75, 3.05) is 43.5 Å². The molecule has 26 heavy (non-hydrogen) atoms. The maximum Gasteiger partial charge on any atom is 0.315 e. The molecule has 3 aliphatic rings. The highest BCUT2D eigenvalue weighted by Crippen LogP contribution is 2.40. The summed E-state index contributed by atoms with van der Waals surface area (Å²) < 4.78 is 5.49. The fraction of sp³-hybridized carbons (Fsp3) is 0.737. The molecule has 1 aromatic rings. The van der Waals surface area contributed by atoms with Crippen molar-refractivity contribution < 1.29 is 9.53 Å². The van der Waals surface area contributed by atoms with Gasteiger partial charge < -0.3 is 20.3 Å². The van der Waals surface area contributed by atoms with Crippen LogP contribution in [-0.4, -0.2) is 55.3 Å². The topological polar surface area (TPSA) is 79.4 Å². The largest absolute Gasteiger partial charge is 0.465 e. The van der Waals surface area contributed by atoms with Gasteiger partial charge in [-0.25, -0.2) is 4.98 Å². The maximum atomic E-state index is 12.9. The van der Waals surface area contributed by atoms with E-state index < -0.39 is 5.41 Å². The number of aryl methyl sites for hydroxylation is 1. The van der Waals surface area contributed by atoms with Gasteiger partial charge in [0.15, 0.2) is 0 Å². The molecule has 2 saturated heterocycles. The molecule has 0 bridgehead atoms. The van der Waals surface area contributed by atoms with Crippen molar-refractivity contribution in [1.82, 2.24) is 15.3 Å². The second-order valence-corrected chi connectivity index (χ2v) is 7.60. The van der Waals surface area contributed by atoms with Gasteiger partial charge in [0.2, 0.25) is 5.95 Å². The van der Waals surface area contributed by atoms with Gasteiger partial charge in [0, 0.05) is 31.7 Å². The molecule has 2 atom stereocenters. The Balaban J connectivity index is 1.65. The fourth-order valence-corrected chi connectivity index (χ4v) is 4.84. The SMILES string of the molecule is CCOC(=O)[C@@]12CCCN[C@H]1CCN(c1nc3c(c(NC)n1)CCC3)C2. The van der Waals surface area contributed by atoms with Crippen LogP contribution in [0.3, 0.4) is 0 Å². The summed E-state index contributed by atoms with van der Waals surface area (Å²) in [5, 5.41) is 6.79. The van der Waals surface area contributed by atoms with Gasteiger partial charge in [-0.1, -0.05) is 0 Å². The number of piperidine rings is 2. The first-order valence-corrected chi connectivity index (χ1v) is 9.91. The highest BCUT2D eigenvalue weighted by Gasteiger charge is 2.52. The van der Waals surface area contributed by atoms with Crippen LogP contribution in [0.15, 0.2) is 0 Å². The number of fused-ring (bicyclic) bond motifs is 2. The normalized spacial score (nSPS) is 27.6. The Bertz CT molecular complexity index is 695. The van der Waals surface area contributed by atoms with E-state index in [2.05, 4.69) is 15.5 Å². The predicted octanol–water partition coefficient (Wildman–Crippen LogP) is 1.52. The highest BCUT2D eigenvalue weighted by atomic mass is 16.5. The average molecular weight is 359 g/mol. The first-order chi connectivity index (χ1) is 12.7. The lowest BCUT2D eigenvalue weighted by atomic mass is 9.70. The summed E-state index contributed by atoms with van der Waals surface area (Å²) in [5.41, 5.74) is 1.92. The van der Waals surface area contributed by atoms with Gasteiger partial charge in [0.05, 0.1) is 12.3 Å². The van der Waals surface area contributed by atoms with Crippen molar-refractivity contribution in [3.8, 4) is 0 Å². The Morgan fingerprint density at radius 1 is 1.38 bits per heavy atom. The third kappa shape index (κ3) is 2.82. The van der Waals surface area contributed by atoms with Gasteiger partial charge in [-0.15, -0.1) is 0 Å². The molecule has 142 valence electrons. The molecule has 2 fully saturated rings. The number of aromatic nitrogens is 2. The minimum Gasteiger partial charge on any atom is -0.465 e. The number of hydrogen-bond donors (Lipinski definition) is 2. The molecular weight excluding hydrogens is 330 g/mol. The third-order valence-electron chi connectivity index (χ3n) is 6.14. The van der Waals surface area contributed by atoms with Crippen LogP contribution in [0, 0.1) is 5.41 Å². The molecule has 1 aliphatic carbocycles. The van der Waals surface area contributed by atoms with Crippen LogP contribution < -0.4 is 15.5 Å². The van der Waals surface area contributed by atoms with E-state index >= 15 is 0 Å². The maximum absolute atomic E-state index is 12.9. The number of nitrogens with one attached hydrogen (secondary N) is 2. The quantitative estimate of drug-likeness (QED) is 0.789. The number of hydrogen-bond acceptors (Lipinski definition) is 7. The van der Waals surface area contributed by atoms with E-state index in [1.54, 1.807) is 0 Å². The molecule has 3 heterocycles. The third-order valence-corrected chi connectivity index (χ3v) is 6.14. The Morgan fingerprint density at radius 3 is 3.08 bits per heavy atom. The molecule has 1 aromatic heterocycles. The van der Waals surface area contributed by atoms with Gasteiger partial charge in [-0.05, 0) is 52.0 Å². The number of carbonyl (C=O) groups excluding carboxylic acids is 1. The summed E-state index contributed by atoms with van der Waals surface area (Å²) in [4.78, 5) is 24.7. The minimum atomic E-state index is -0.491. The standard InChI is InChI=1S/C19H29N5O2/c1-3-26-17(25)19-9-5-10-21-15(19)8-11-24(12-19)18-22-14-7-4-6-13(14)16(20-2)23-18/h15,21H,3-12H2,1-2H3,(H,20,22,23)/t15-,19+/m0/s1. The number of carbonyl (C=O) groups is 1. The van der Waals surface area contributed by atoms with Crippen molar-refractivity contribution in [2.45, 2.75) is 51.5 Å². The number of anilines is 2. The van der Waals surface area contributed by atoms with Gasteiger partial charge in [-0.2, -0.15) is 4.98 Å². The fourth-order valence-electron chi connectivity index (χ4n) is 4.84. The lowest BCUT2D eigenvalue weighted by molar-refractivity contribution is -0.159. The molecule has 2 N–H and O–H groups in total. The van der Waals surface area contributed by atoms with Crippen LogP contribution in [0.25, 0.3) is 0 Å². The van der Waals surface area contributed by atoms with Gasteiger partial charge in [0.1, 0.15) is 11.2 Å². The molecule has 7 heteroatoms. The van der Waals surface area contributed by atoms with E-state index in [4.69, 9.17) is 14.7 Å². The van der Waals surface area contributed by atoms with Crippen LogP contribution in [0.2, 0.25) is 0 Å². The molecule has 0 unspecified atom stereocenters. The highest BCUT2D eigenvalue weighted by molar-refractivity contribution is 5.79. The van der Waals surface area contributed by atoms with E-state index in [0.717, 1.165) is 69.1 Å². The minimum absolute atomic E-state index is 0.0723. The zero-order chi connectivity index (χ0) is 18.1. The van der Waals surface area contributed by atoms with Crippen LogP contribution in [0.1, 0.15) is 43.9 Å². The first-order valence-electron chi connectivity index (χ1n) is 9.91. The number of rotatable bonds is 4. The molecule has 4 rings (SSSR count). The number of ether oxygens (including phenoxy) is 1. The van der Waals surface area contributed by atoms with Crippen LogP contribution in [-0.2, 0) is 22.4 Å².